The smallest absolute Gasteiger partial charge is 0.333 e. The molecule has 5 atom stereocenters. The van der Waals surface area contributed by atoms with Crippen molar-refractivity contribution in [3.63, 3.8) is 0 Å². The van der Waals surface area contributed by atoms with Crippen molar-refractivity contribution in [2.45, 2.75) is 90.9 Å². The van der Waals surface area contributed by atoms with Gasteiger partial charge in [-0.25, -0.2) is 4.79 Å². The van der Waals surface area contributed by atoms with Gasteiger partial charge in [0.05, 0.1) is 0 Å². The van der Waals surface area contributed by atoms with E-state index in [1.54, 1.807) is 0 Å². The van der Waals surface area contributed by atoms with Gasteiger partial charge >= 0.3 is 11.7 Å². The first-order valence-electron chi connectivity index (χ1n) is 10.5. The SMILES string of the molecule is CC(C)P.CC[C-](C)C(C)C1CC[C@H](n2ccc(=O)n(CCC(N)C(=O)O)c2=O)O1.[Y].[Y]. The molecule has 1 saturated heterocycles. The van der Waals surface area contributed by atoms with Crippen LogP contribution in [0, 0.1) is 11.8 Å². The maximum atomic E-state index is 12.7. The van der Waals surface area contributed by atoms with Crippen molar-refractivity contribution in [1.29, 1.82) is 0 Å². The van der Waals surface area contributed by atoms with Gasteiger partial charge < -0.3 is 21.5 Å². The Morgan fingerprint density at radius 3 is 2.38 bits per heavy atom. The summed E-state index contributed by atoms with van der Waals surface area (Å²) >= 11 is 0. The van der Waals surface area contributed by atoms with Crippen LogP contribution in [0.1, 0.15) is 66.5 Å². The normalized spacial score (nSPS) is 19.4. The van der Waals surface area contributed by atoms with E-state index in [2.05, 4.69) is 43.9 Å². The first-order valence-corrected chi connectivity index (χ1v) is 11.2. The number of carboxylic acids is 1. The molecule has 0 spiro atoms. The van der Waals surface area contributed by atoms with E-state index in [0.29, 0.717) is 12.3 Å². The second kappa shape index (κ2) is 17.2. The van der Waals surface area contributed by atoms with Crippen molar-refractivity contribution in [1.82, 2.24) is 9.13 Å². The number of nitrogens with zero attached hydrogens (tertiary/aromatic N) is 2. The molecule has 4 unspecified atom stereocenters. The van der Waals surface area contributed by atoms with Crippen LogP contribution < -0.4 is 17.0 Å². The number of hydrogen-bond acceptors (Lipinski definition) is 5. The summed E-state index contributed by atoms with van der Waals surface area (Å²) in [4.78, 5) is 35.5. The van der Waals surface area contributed by atoms with Gasteiger partial charge in [0.1, 0.15) is 12.3 Å². The van der Waals surface area contributed by atoms with Crippen molar-refractivity contribution >= 4 is 15.2 Å². The summed E-state index contributed by atoms with van der Waals surface area (Å²) in [6, 6.07) is 0.187. The van der Waals surface area contributed by atoms with E-state index < -0.39 is 29.5 Å². The maximum absolute atomic E-state index is 12.7. The third-order valence-corrected chi connectivity index (χ3v) is 5.31. The van der Waals surface area contributed by atoms with E-state index in [9.17, 15) is 14.4 Å². The minimum Gasteiger partial charge on any atom is -0.480 e. The van der Waals surface area contributed by atoms with E-state index in [0.717, 1.165) is 23.1 Å². The number of nitrogens with two attached hydrogens (primary N) is 1. The van der Waals surface area contributed by atoms with Crippen LogP contribution in [0.25, 0.3) is 0 Å². The fourth-order valence-electron chi connectivity index (χ4n) is 3.20. The predicted molar refractivity (Wildman–Crippen MR) is 122 cm³/mol. The average molecular weight is 620 g/mol. The molecule has 0 aromatic carbocycles. The zero-order valence-corrected chi connectivity index (χ0v) is 26.7. The Balaban J connectivity index is 0. The largest absolute Gasteiger partial charge is 0.480 e. The second-order valence-corrected chi connectivity index (χ2v) is 9.50. The first-order chi connectivity index (χ1) is 14.0. The van der Waals surface area contributed by atoms with Gasteiger partial charge in [-0.15, -0.1) is 15.2 Å². The molecule has 8 nitrogen and oxygen atoms in total. The Morgan fingerprint density at radius 2 is 1.88 bits per heavy atom. The Hall–Kier alpha value is 0.708. The number of aromatic nitrogens is 2. The Kier molecular flexibility index (Phi) is 18.7. The molecular weight excluding hydrogens is 583 g/mol. The first kappa shape index (κ1) is 34.9. The van der Waals surface area contributed by atoms with Crippen LogP contribution in [0.2, 0.25) is 0 Å². The summed E-state index contributed by atoms with van der Waals surface area (Å²) in [7, 11) is 2.66. The zero-order valence-electron chi connectivity index (χ0n) is 19.9. The standard InChI is InChI=1S/C18H28N3O5.C3H9P.2Y/c1-4-11(2)12(3)14-5-6-16(26-14)21-10-8-15(22)20(18(21)25)9-7-13(19)17(23)24;1-3(2)4;;/h8,10,12-14,16H,4-7,9,19H2,1-3H3,(H,23,24);3H,4H2,1-2H3;;/q-1;;;/t12?,13?,14?,16-;;;/m1.../s1. The molecule has 1 aliphatic heterocycles. The molecule has 0 bridgehead atoms. The van der Waals surface area contributed by atoms with E-state index in [-0.39, 0.29) is 84.5 Å². The third kappa shape index (κ3) is 11.0. The van der Waals surface area contributed by atoms with Crippen LogP contribution >= 0.6 is 9.24 Å². The van der Waals surface area contributed by atoms with Crippen molar-refractivity contribution < 1.29 is 80.1 Å². The zero-order chi connectivity index (χ0) is 23.0. The van der Waals surface area contributed by atoms with Crippen molar-refractivity contribution in [2.24, 2.45) is 11.7 Å². The van der Waals surface area contributed by atoms with Crippen LogP contribution in [-0.4, -0.2) is 38.0 Å². The van der Waals surface area contributed by atoms with Crippen LogP contribution in [0.15, 0.2) is 21.9 Å². The predicted octanol–water partition coefficient (Wildman–Crippen LogP) is 2.39. The van der Waals surface area contributed by atoms with Gasteiger partial charge in [0.15, 0.2) is 0 Å². The number of hydrogen-bond donors (Lipinski definition) is 2. The van der Waals surface area contributed by atoms with Gasteiger partial charge in [0, 0.05) is 90.3 Å². The summed E-state index contributed by atoms with van der Waals surface area (Å²) < 4.78 is 8.52. The van der Waals surface area contributed by atoms with Gasteiger partial charge in [-0.3, -0.25) is 18.7 Å². The Labute approximate surface area is 243 Å². The molecule has 2 rings (SSSR count). The fourth-order valence-corrected chi connectivity index (χ4v) is 3.20. The van der Waals surface area contributed by atoms with Crippen LogP contribution in [-0.2, 0) is 81.5 Å². The molecule has 0 saturated carbocycles. The number of carbonyl (C=O) groups is 1. The second-order valence-electron chi connectivity index (χ2n) is 8.17. The van der Waals surface area contributed by atoms with Crippen molar-refractivity contribution in [3.8, 4) is 0 Å². The molecule has 11 heteroatoms. The third-order valence-electron chi connectivity index (χ3n) is 5.31. The van der Waals surface area contributed by atoms with Gasteiger partial charge in [-0.2, -0.15) is 13.3 Å². The van der Waals surface area contributed by atoms with Crippen LogP contribution in [0.4, 0.5) is 0 Å². The molecule has 0 amide bonds. The molecule has 2 heterocycles. The van der Waals surface area contributed by atoms with E-state index in [1.165, 1.54) is 22.7 Å². The minimum absolute atomic E-state index is 0. The van der Waals surface area contributed by atoms with Gasteiger partial charge in [0.2, 0.25) is 0 Å². The Morgan fingerprint density at radius 1 is 1.31 bits per heavy atom. The molecule has 1 fully saturated rings. The number of carboxylic acid groups (broad SMARTS) is 1. The fraction of sp³-hybridized carbons (Fsp3) is 0.714. The number of ether oxygens (including phenoxy) is 1. The van der Waals surface area contributed by atoms with E-state index in [1.807, 2.05) is 0 Å². The van der Waals surface area contributed by atoms with Crippen molar-refractivity contribution in [3.05, 3.63) is 39.0 Å². The summed E-state index contributed by atoms with van der Waals surface area (Å²) in [5.41, 5.74) is 5.25. The van der Waals surface area contributed by atoms with E-state index in [4.69, 9.17) is 15.6 Å². The average Bonchev–Trinajstić information content (AvgIpc) is 3.15. The van der Waals surface area contributed by atoms with Crippen LogP contribution in [0.5, 0.6) is 0 Å². The Bertz CT molecular complexity index is 800. The summed E-state index contributed by atoms with van der Waals surface area (Å²) in [6.07, 6.45) is 3.61. The molecular formula is C21H37N3O5PY2-. The quantitative estimate of drug-likeness (QED) is 0.341. The molecule has 1 aromatic rings. The topological polar surface area (TPSA) is 117 Å². The number of rotatable bonds is 8. The van der Waals surface area contributed by atoms with Gasteiger partial charge in [0.25, 0.3) is 5.56 Å². The summed E-state index contributed by atoms with van der Waals surface area (Å²) in [6.45, 7) is 10.6. The molecule has 32 heavy (non-hydrogen) atoms. The van der Waals surface area contributed by atoms with Gasteiger partial charge in [-0.05, 0) is 24.9 Å². The van der Waals surface area contributed by atoms with Crippen molar-refractivity contribution in [2.75, 3.05) is 0 Å². The molecule has 3 N–H and O–H groups in total. The molecule has 2 radical (unpaired) electrons. The number of aliphatic carboxylic acids is 1. The summed E-state index contributed by atoms with van der Waals surface area (Å²) in [5.74, 6) is 0.503. The molecule has 1 aliphatic rings. The molecule has 1 aromatic heterocycles. The van der Waals surface area contributed by atoms with E-state index >= 15 is 0 Å². The van der Waals surface area contributed by atoms with Gasteiger partial charge in [-0.1, -0.05) is 27.7 Å². The minimum atomic E-state index is -1.16. The monoisotopic (exact) mass is 620 g/mol. The molecule has 178 valence electrons. The summed E-state index contributed by atoms with van der Waals surface area (Å²) in [5, 5.41) is 8.85. The molecule has 0 aliphatic carbocycles. The maximum Gasteiger partial charge on any atom is 0.333 e. The van der Waals surface area contributed by atoms with Crippen LogP contribution in [0.3, 0.4) is 0 Å².